The maximum atomic E-state index is 12.1. The molecule has 1 aromatic heterocycles. The van der Waals surface area contributed by atoms with Crippen LogP contribution >= 0.6 is 11.6 Å². The number of benzene rings is 1. The number of rotatable bonds is 7. The minimum absolute atomic E-state index is 0.0276. The number of halogens is 1. The van der Waals surface area contributed by atoms with Gasteiger partial charge in [0.25, 0.3) is 0 Å². The van der Waals surface area contributed by atoms with Crippen LogP contribution in [0.5, 0.6) is 0 Å². The Morgan fingerprint density at radius 1 is 1.21 bits per heavy atom. The molecule has 0 unspecified atom stereocenters. The molecule has 1 N–H and O–H groups in total. The fraction of sp³-hybridized carbons (Fsp3) is 0.278. The van der Waals surface area contributed by atoms with Gasteiger partial charge in [0.15, 0.2) is 0 Å². The van der Waals surface area contributed by atoms with Crippen molar-refractivity contribution in [3.8, 4) is 0 Å². The van der Waals surface area contributed by atoms with E-state index in [0.717, 1.165) is 11.1 Å². The summed E-state index contributed by atoms with van der Waals surface area (Å²) >= 11 is 5.93. The van der Waals surface area contributed by atoms with Crippen molar-refractivity contribution in [2.75, 3.05) is 13.1 Å². The van der Waals surface area contributed by atoms with Crippen LogP contribution in [-0.4, -0.2) is 34.8 Å². The van der Waals surface area contributed by atoms with Crippen molar-refractivity contribution in [3.05, 3.63) is 64.9 Å². The van der Waals surface area contributed by atoms with Crippen LogP contribution in [-0.2, 0) is 22.6 Å². The van der Waals surface area contributed by atoms with Gasteiger partial charge in [0.2, 0.25) is 11.8 Å². The van der Waals surface area contributed by atoms with Gasteiger partial charge in [-0.3, -0.25) is 14.6 Å². The molecule has 0 atom stereocenters. The molecule has 0 aliphatic carbocycles. The van der Waals surface area contributed by atoms with Crippen molar-refractivity contribution in [3.63, 3.8) is 0 Å². The zero-order valence-corrected chi connectivity index (χ0v) is 14.3. The molecule has 0 aliphatic heterocycles. The zero-order valence-electron chi connectivity index (χ0n) is 13.5. The number of nitrogens with one attached hydrogen (secondary N) is 1. The molecule has 0 saturated heterocycles. The van der Waals surface area contributed by atoms with Gasteiger partial charge in [-0.05, 0) is 35.7 Å². The van der Waals surface area contributed by atoms with Crippen LogP contribution in [0.2, 0.25) is 5.02 Å². The lowest BCUT2D eigenvalue weighted by Crippen LogP contribution is -2.39. The van der Waals surface area contributed by atoms with Crippen molar-refractivity contribution in [2.45, 2.75) is 19.9 Å². The van der Waals surface area contributed by atoms with E-state index >= 15 is 0 Å². The Hall–Kier alpha value is -2.40. The molecule has 0 aliphatic rings. The van der Waals surface area contributed by atoms with Crippen molar-refractivity contribution >= 4 is 23.4 Å². The molecule has 5 nitrogen and oxygen atoms in total. The first kappa shape index (κ1) is 17.9. The molecular weight excluding hydrogens is 326 g/mol. The first-order valence-electron chi connectivity index (χ1n) is 7.70. The fourth-order valence-corrected chi connectivity index (χ4v) is 2.47. The molecule has 0 bridgehead atoms. The number of amides is 2. The third-order valence-electron chi connectivity index (χ3n) is 3.50. The van der Waals surface area contributed by atoms with Crippen LogP contribution in [0, 0.1) is 0 Å². The van der Waals surface area contributed by atoms with Crippen molar-refractivity contribution in [1.82, 2.24) is 15.2 Å². The van der Waals surface area contributed by atoms with Gasteiger partial charge < -0.3 is 10.2 Å². The minimum atomic E-state index is -0.184. The highest BCUT2D eigenvalue weighted by Gasteiger charge is 2.14. The Bertz CT molecular complexity index is 692. The summed E-state index contributed by atoms with van der Waals surface area (Å²) < 4.78 is 0. The van der Waals surface area contributed by atoms with Crippen LogP contribution in [0.4, 0.5) is 0 Å². The number of hydrogen-bond donors (Lipinski definition) is 1. The van der Waals surface area contributed by atoms with E-state index in [1.54, 1.807) is 18.5 Å². The van der Waals surface area contributed by atoms with Gasteiger partial charge >= 0.3 is 0 Å². The van der Waals surface area contributed by atoms with Crippen molar-refractivity contribution in [1.29, 1.82) is 0 Å². The van der Waals surface area contributed by atoms with Crippen LogP contribution < -0.4 is 5.32 Å². The van der Waals surface area contributed by atoms with Crippen molar-refractivity contribution < 1.29 is 9.59 Å². The Morgan fingerprint density at radius 2 is 2.00 bits per heavy atom. The summed E-state index contributed by atoms with van der Waals surface area (Å²) in [5.74, 6) is -0.333. The lowest BCUT2D eigenvalue weighted by molar-refractivity contribution is -0.134. The van der Waals surface area contributed by atoms with E-state index in [4.69, 9.17) is 11.6 Å². The topological polar surface area (TPSA) is 62.3 Å². The highest BCUT2D eigenvalue weighted by atomic mass is 35.5. The highest BCUT2D eigenvalue weighted by Crippen LogP contribution is 2.10. The van der Waals surface area contributed by atoms with Crippen LogP contribution in [0.25, 0.3) is 0 Å². The van der Waals surface area contributed by atoms with E-state index in [2.05, 4.69) is 10.3 Å². The lowest BCUT2D eigenvalue weighted by Gasteiger charge is -2.20. The summed E-state index contributed by atoms with van der Waals surface area (Å²) in [4.78, 5) is 29.3. The Kier molecular flexibility index (Phi) is 6.75. The number of carbonyl (C=O) groups is 2. The predicted octanol–water partition coefficient (Wildman–Crippen LogP) is 2.44. The van der Waals surface area contributed by atoms with Gasteiger partial charge in [-0.1, -0.05) is 29.8 Å². The molecule has 2 amide bonds. The molecule has 2 aromatic rings. The third-order valence-corrected chi connectivity index (χ3v) is 3.74. The molecule has 2 rings (SSSR count). The molecule has 126 valence electrons. The number of pyridine rings is 1. The first-order chi connectivity index (χ1) is 11.5. The Morgan fingerprint density at radius 3 is 2.67 bits per heavy atom. The summed E-state index contributed by atoms with van der Waals surface area (Å²) in [5, 5.41) is 3.51. The minimum Gasteiger partial charge on any atom is -0.354 e. The average molecular weight is 346 g/mol. The smallest absolute Gasteiger partial charge is 0.239 e. The number of carbonyl (C=O) groups excluding carboxylic acids is 2. The molecule has 0 radical (unpaired) electrons. The van der Waals surface area contributed by atoms with Gasteiger partial charge in [0.1, 0.15) is 0 Å². The summed E-state index contributed by atoms with van der Waals surface area (Å²) in [6.07, 6.45) is 4.05. The first-order valence-corrected chi connectivity index (χ1v) is 8.08. The number of hydrogen-bond acceptors (Lipinski definition) is 3. The molecule has 6 heteroatoms. The molecule has 1 aromatic carbocycles. The number of nitrogens with zero attached hydrogens (tertiary/aromatic N) is 2. The quantitative estimate of drug-likeness (QED) is 0.838. The largest absolute Gasteiger partial charge is 0.354 e. The van der Waals surface area contributed by atoms with Gasteiger partial charge in [0, 0.05) is 37.4 Å². The lowest BCUT2D eigenvalue weighted by atomic mass is 10.1. The molecular formula is C18H20ClN3O2. The summed E-state index contributed by atoms with van der Waals surface area (Å²) in [6, 6.07) is 11.2. The van der Waals surface area contributed by atoms with Gasteiger partial charge in [-0.25, -0.2) is 0 Å². The van der Waals surface area contributed by atoms with Crippen molar-refractivity contribution in [2.24, 2.45) is 0 Å². The maximum Gasteiger partial charge on any atom is 0.239 e. The van der Waals surface area contributed by atoms with E-state index in [1.165, 1.54) is 11.8 Å². The third kappa shape index (κ3) is 6.01. The monoisotopic (exact) mass is 345 g/mol. The van der Waals surface area contributed by atoms with E-state index in [0.29, 0.717) is 24.5 Å². The predicted molar refractivity (Wildman–Crippen MR) is 93.5 cm³/mol. The summed E-state index contributed by atoms with van der Waals surface area (Å²) in [7, 11) is 0. The van der Waals surface area contributed by atoms with Crippen LogP contribution in [0.3, 0.4) is 0 Å². The second kappa shape index (κ2) is 9.03. The Balaban J connectivity index is 1.81. The average Bonchev–Trinajstić information content (AvgIpc) is 2.55. The van der Waals surface area contributed by atoms with Gasteiger partial charge in [-0.15, -0.1) is 0 Å². The van der Waals surface area contributed by atoms with Gasteiger partial charge in [0.05, 0.1) is 6.54 Å². The fourth-order valence-electron chi connectivity index (χ4n) is 2.26. The summed E-state index contributed by atoms with van der Waals surface area (Å²) in [5.41, 5.74) is 1.95. The second-order valence-electron chi connectivity index (χ2n) is 5.47. The Labute approximate surface area is 146 Å². The van der Waals surface area contributed by atoms with E-state index in [9.17, 15) is 9.59 Å². The molecule has 0 saturated carbocycles. The molecule has 24 heavy (non-hydrogen) atoms. The van der Waals surface area contributed by atoms with Crippen LogP contribution in [0.1, 0.15) is 18.1 Å². The highest BCUT2D eigenvalue weighted by molar-refractivity contribution is 6.30. The SMILES string of the molecule is CC(=O)N(CC(=O)NCCc1cccc(Cl)c1)Cc1cccnc1. The summed E-state index contributed by atoms with van der Waals surface area (Å²) in [6.45, 7) is 2.35. The van der Waals surface area contributed by atoms with E-state index in [-0.39, 0.29) is 18.4 Å². The molecule has 0 fully saturated rings. The standard InChI is InChI=1S/C18H20ClN3O2/c1-14(23)22(12-16-5-3-8-20-11-16)13-18(24)21-9-7-15-4-2-6-17(19)10-15/h2-6,8,10-11H,7,9,12-13H2,1H3,(H,21,24). The normalized spacial score (nSPS) is 10.2. The zero-order chi connectivity index (χ0) is 17.4. The number of aromatic nitrogens is 1. The van der Waals surface area contributed by atoms with Crippen LogP contribution in [0.15, 0.2) is 48.8 Å². The van der Waals surface area contributed by atoms with E-state index < -0.39 is 0 Å². The molecule has 1 heterocycles. The van der Waals surface area contributed by atoms with E-state index in [1.807, 2.05) is 30.3 Å². The maximum absolute atomic E-state index is 12.1. The second-order valence-corrected chi connectivity index (χ2v) is 5.90. The van der Waals surface area contributed by atoms with Gasteiger partial charge in [-0.2, -0.15) is 0 Å². The molecule has 0 spiro atoms.